The van der Waals surface area contributed by atoms with Gasteiger partial charge in [0.2, 0.25) is 5.91 Å². The Balaban J connectivity index is 5.16. The van der Waals surface area contributed by atoms with Crippen molar-refractivity contribution in [1.29, 1.82) is 0 Å². The van der Waals surface area contributed by atoms with Gasteiger partial charge in [-0.1, -0.05) is 255 Å². The molecular weight excluding hydrogens is 964 g/mol. The van der Waals surface area contributed by atoms with Gasteiger partial charge in [0.15, 0.2) is 0 Å². The fourth-order valence-electron chi connectivity index (χ4n) is 9.24. The van der Waals surface area contributed by atoms with E-state index in [1.807, 2.05) is 33.3 Å². The number of phosphoric acid groups is 1. The van der Waals surface area contributed by atoms with Crippen molar-refractivity contribution in [3.8, 4) is 0 Å². The maximum absolute atomic E-state index is 13.6. The molecule has 0 saturated carbocycles. The molecule has 1 N–H and O–H groups in total. The zero-order valence-electron chi connectivity index (χ0n) is 50.7. The Kier molecular flexibility index (Phi) is 54.3. The molecule has 9 nitrogen and oxygen atoms in total. The summed E-state index contributed by atoms with van der Waals surface area (Å²) in [4.78, 5) is 40.0. The molecule has 76 heavy (non-hydrogen) atoms. The lowest BCUT2D eigenvalue weighted by molar-refractivity contribution is -0.870. The molecule has 0 aromatic rings. The first kappa shape index (κ1) is 73.7. The maximum Gasteiger partial charge on any atom is 0.306 e. The number of amides is 1. The topological polar surface area (TPSA) is 114 Å². The van der Waals surface area contributed by atoms with Gasteiger partial charge in [-0.05, 0) is 89.5 Å². The second-order valence-electron chi connectivity index (χ2n) is 22.9. The van der Waals surface area contributed by atoms with E-state index < -0.39 is 26.6 Å². The fraction of sp³-hybridized carbons (Fsp3) is 0.818. The number of quaternary nitrogens is 1. The number of esters is 1. The number of rotatable bonds is 58. The Morgan fingerprint density at radius 3 is 1.28 bits per heavy atom. The Hall–Kier alpha value is -2.29. The molecule has 0 radical (unpaired) electrons. The number of unbranched alkanes of at least 4 members (excludes halogenated alkanes) is 34. The highest BCUT2D eigenvalue weighted by molar-refractivity contribution is 7.45. The first-order valence-electron chi connectivity index (χ1n) is 32.1. The van der Waals surface area contributed by atoms with Crippen LogP contribution >= 0.6 is 7.82 Å². The van der Waals surface area contributed by atoms with Crippen molar-refractivity contribution >= 4 is 19.7 Å². The van der Waals surface area contributed by atoms with Crippen LogP contribution in [0.5, 0.6) is 0 Å². The third-order valence-corrected chi connectivity index (χ3v) is 15.1. The van der Waals surface area contributed by atoms with Crippen molar-refractivity contribution in [3.05, 3.63) is 60.8 Å². The van der Waals surface area contributed by atoms with Gasteiger partial charge in [-0.3, -0.25) is 14.2 Å². The number of phosphoric ester groups is 1. The summed E-state index contributed by atoms with van der Waals surface area (Å²) in [7, 11) is 1.18. The van der Waals surface area contributed by atoms with E-state index in [2.05, 4.69) is 74.7 Å². The minimum atomic E-state index is -4.70. The van der Waals surface area contributed by atoms with E-state index in [1.54, 1.807) is 0 Å². The SMILES string of the molecule is CC/C=C/C/C=C/CCCCCCCCCC(=O)OC(/C=C\CCCCCCCCCCCCC)C(COP(=O)([O-])OCC[N+](C)(C)C)NC(=O)CCCCCCCCCCCCCCC/C=C\C/C=C\CCCCC. The van der Waals surface area contributed by atoms with Crippen molar-refractivity contribution in [1.82, 2.24) is 5.32 Å². The summed E-state index contributed by atoms with van der Waals surface area (Å²) >= 11 is 0. The van der Waals surface area contributed by atoms with Crippen molar-refractivity contribution in [2.75, 3.05) is 40.9 Å². The van der Waals surface area contributed by atoms with Gasteiger partial charge in [0.1, 0.15) is 19.3 Å². The number of hydrogen-bond donors (Lipinski definition) is 1. The van der Waals surface area contributed by atoms with Gasteiger partial charge in [0, 0.05) is 12.8 Å². The first-order chi connectivity index (χ1) is 36.9. The van der Waals surface area contributed by atoms with Crippen LogP contribution in [0, 0.1) is 0 Å². The number of carbonyl (C=O) groups excluding carboxylic acids is 2. The minimum absolute atomic E-state index is 0.0242. The van der Waals surface area contributed by atoms with Crippen LogP contribution < -0.4 is 10.2 Å². The monoisotopic (exact) mass is 1090 g/mol. The van der Waals surface area contributed by atoms with E-state index in [1.165, 1.54) is 173 Å². The Bertz CT molecular complexity index is 1490. The molecule has 0 spiro atoms. The molecule has 0 saturated heterocycles. The third kappa shape index (κ3) is 56.4. The van der Waals surface area contributed by atoms with Crippen molar-refractivity contribution in [2.24, 2.45) is 0 Å². The highest BCUT2D eigenvalue weighted by atomic mass is 31.2. The third-order valence-electron chi connectivity index (χ3n) is 14.2. The Labute approximate surface area is 471 Å². The van der Waals surface area contributed by atoms with Crippen LogP contribution in [-0.2, 0) is 27.9 Å². The largest absolute Gasteiger partial charge is 0.756 e. The predicted molar refractivity (Wildman–Crippen MR) is 325 cm³/mol. The fourth-order valence-corrected chi connectivity index (χ4v) is 9.96. The molecular formula is C66H123N2O7P. The Morgan fingerprint density at radius 2 is 0.842 bits per heavy atom. The van der Waals surface area contributed by atoms with Gasteiger partial charge in [-0.25, -0.2) is 0 Å². The molecule has 0 heterocycles. The molecule has 0 fully saturated rings. The number of hydrogen-bond acceptors (Lipinski definition) is 7. The number of likely N-dealkylation sites (N-methyl/N-ethyl adjacent to an activating group) is 1. The predicted octanol–water partition coefficient (Wildman–Crippen LogP) is 19.2. The van der Waals surface area contributed by atoms with Crippen LogP contribution in [0.15, 0.2) is 60.8 Å². The quantitative estimate of drug-likeness (QED) is 0.0212. The lowest BCUT2D eigenvalue weighted by Crippen LogP contribution is -2.47. The molecule has 0 rings (SSSR count). The second-order valence-corrected chi connectivity index (χ2v) is 24.3. The first-order valence-corrected chi connectivity index (χ1v) is 33.6. The molecule has 10 heteroatoms. The summed E-state index contributed by atoms with van der Waals surface area (Å²) in [5.41, 5.74) is 0. The van der Waals surface area contributed by atoms with Gasteiger partial charge in [0.25, 0.3) is 7.82 Å². The normalized spacial score (nSPS) is 14.0. The summed E-state index contributed by atoms with van der Waals surface area (Å²) in [6, 6.07) is -0.892. The molecule has 0 aliphatic heterocycles. The second kappa shape index (κ2) is 56.0. The number of nitrogens with zero attached hydrogens (tertiary/aromatic N) is 1. The molecule has 0 aliphatic carbocycles. The summed E-state index contributed by atoms with van der Waals surface area (Å²) in [6.45, 7) is 6.73. The van der Waals surface area contributed by atoms with Crippen molar-refractivity contribution in [3.63, 3.8) is 0 Å². The summed E-state index contributed by atoms with van der Waals surface area (Å²) in [5.74, 6) is -0.544. The lowest BCUT2D eigenvalue weighted by Gasteiger charge is -2.30. The van der Waals surface area contributed by atoms with Crippen molar-refractivity contribution in [2.45, 2.75) is 309 Å². The highest BCUT2D eigenvalue weighted by Crippen LogP contribution is 2.38. The summed E-state index contributed by atoms with van der Waals surface area (Å²) in [5, 5.41) is 3.03. The van der Waals surface area contributed by atoms with E-state index in [-0.39, 0.29) is 24.9 Å². The molecule has 444 valence electrons. The number of carbonyl (C=O) groups is 2. The van der Waals surface area contributed by atoms with Crippen LogP contribution in [-0.4, -0.2) is 69.4 Å². The number of allylic oxidation sites excluding steroid dienone is 9. The highest BCUT2D eigenvalue weighted by Gasteiger charge is 2.27. The molecule has 3 unspecified atom stereocenters. The zero-order chi connectivity index (χ0) is 55.7. The molecule has 0 bridgehead atoms. The van der Waals surface area contributed by atoms with E-state index in [0.29, 0.717) is 17.4 Å². The molecule has 1 amide bonds. The lowest BCUT2D eigenvalue weighted by atomic mass is 10.0. The summed E-state index contributed by atoms with van der Waals surface area (Å²) in [6.07, 6.45) is 70.4. The maximum atomic E-state index is 13.6. The van der Waals surface area contributed by atoms with Gasteiger partial charge in [0.05, 0.1) is 33.8 Å². The number of ether oxygens (including phenoxy) is 1. The smallest absolute Gasteiger partial charge is 0.306 e. The van der Waals surface area contributed by atoms with E-state index in [0.717, 1.165) is 89.9 Å². The van der Waals surface area contributed by atoms with E-state index in [4.69, 9.17) is 13.8 Å². The van der Waals surface area contributed by atoms with E-state index in [9.17, 15) is 19.0 Å². The van der Waals surface area contributed by atoms with Gasteiger partial charge >= 0.3 is 5.97 Å². The number of nitrogens with one attached hydrogen (secondary N) is 1. The van der Waals surface area contributed by atoms with Gasteiger partial charge < -0.3 is 28.5 Å². The van der Waals surface area contributed by atoms with Crippen LogP contribution in [0.2, 0.25) is 0 Å². The van der Waals surface area contributed by atoms with Gasteiger partial charge in [-0.2, -0.15) is 0 Å². The van der Waals surface area contributed by atoms with Crippen LogP contribution in [0.4, 0.5) is 0 Å². The van der Waals surface area contributed by atoms with Crippen LogP contribution in [0.1, 0.15) is 297 Å². The average molecular weight is 1090 g/mol. The molecule has 0 aromatic heterocycles. The summed E-state index contributed by atoms with van der Waals surface area (Å²) < 4.78 is 30.3. The van der Waals surface area contributed by atoms with Crippen LogP contribution in [0.25, 0.3) is 0 Å². The molecule has 3 atom stereocenters. The molecule has 0 aromatic carbocycles. The van der Waals surface area contributed by atoms with Crippen molar-refractivity contribution < 1.29 is 37.3 Å². The van der Waals surface area contributed by atoms with E-state index >= 15 is 0 Å². The molecule has 0 aliphatic rings. The standard InChI is InChI=1S/C66H123N2O7P/c1-7-10-13-16-19-22-25-28-30-31-32-33-34-35-36-37-38-40-43-46-49-52-55-58-65(69)67-63(62-74-76(71,72)73-61-60-68(4,5)6)64(57-54-51-48-45-42-39-27-24-21-18-15-12-9-3)75-66(70)59-56-53-50-47-44-41-29-26-23-20-17-14-11-8-2/h11,14,19-20,22-23,28,30,54,57,63-64H,7-10,12-13,15-18,21,24-27,29,31-53,55-56,58-62H2,1-6H3,(H-,67,69,71,72)/b14-11+,22-19-,23-20+,30-28-,57-54-. The van der Waals surface area contributed by atoms with Crippen LogP contribution in [0.3, 0.4) is 0 Å². The Morgan fingerprint density at radius 1 is 0.474 bits per heavy atom. The minimum Gasteiger partial charge on any atom is -0.756 e. The average Bonchev–Trinajstić information content (AvgIpc) is 3.38. The zero-order valence-corrected chi connectivity index (χ0v) is 51.6. The van der Waals surface area contributed by atoms with Gasteiger partial charge in [-0.15, -0.1) is 0 Å².